The Hall–Kier alpha value is -1.58. The van der Waals surface area contributed by atoms with Crippen LogP contribution in [0.15, 0.2) is 22.6 Å². The van der Waals surface area contributed by atoms with Crippen LogP contribution in [0.2, 0.25) is 0 Å². The maximum absolute atomic E-state index is 5.80. The van der Waals surface area contributed by atoms with Gasteiger partial charge in [0, 0.05) is 5.56 Å². The van der Waals surface area contributed by atoms with E-state index in [9.17, 15) is 0 Å². The lowest BCUT2D eigenvalue weighted by Gasteiger charge is -2.18. The van der Waals surface area contributed by atoms with E-state index >= 15 is 0 Å². The predicted molar refractivity (Wildman–Crippen MR) is 82.6 cm³/mol. The van der Waals surface area contributed by atoms with Gasteiger partial charge in [0.2, 0.25) is 0 Å². The summed E-state index contributed by atoms with van der Waals surface area (Å²) in [5.74, 6) is 7.72. The molecule has 0 bridgehead atoms. The van der Waals surface area contributed by atoms with Gasteiger partial charge in [0.05, 0.1) is 6.04 Å². The number of hydrazine groups is 1. The molecule has 108 valence electrons. The van der Waals surface area contributed by atoms with Crippen LogP contribution in [0.1, 0.15) is 45.4 Å². The van der Waals surface area contributed by atoms with E-state index in [2.05, 4.69) is 44.4 Å². The average Bonchev–Trinajstić information content (AvgIpc) is 2.65. The molecule has 3 heteroatoms. The van der Waals surface area contributed by atoms with Gasteiger partial charge in [-0.2, -0.15) is 0 Å². The number of hydrogen-bond donors (Lipinski definition) is 2. The SMILES string of the molecule is Cc1ccc(C)c(CC(NN)c2c(C)oc(C)c2C)c1. The Bertz CT molecular complexity index is 614. The minimum absolute atomic E-state index is 0.0768. The van der Waals surface area contributed by atoms with Gasteiger partial charge >= 0.3 is 0 Å². The topological polar surface area (TPSA) is 51.2 Å². The van der Waals surface area contributed by atoms with E-state index in [-0.39, 0.29) is 6.04 Å². The van der Waals surface area contributed by atoms with Crippen LogP contribution in [0.4, 0.5) is 0 Å². The fourth-order valence-electron chi connectivity index (χ4n) is 2.81. The van der Waals surface area contributed by atoms with Gasteiger partial charge in [0.25, 0.3) is 0 Å². The van der Waals surface area contributed by atoms with Crippen LogP contribution in [0.3, 0.4) is 0 Å². The van der Waals surface area contributed by atoms with Crippen molar-refractivity contribution in [1.82, 2.24) is 5.43 Å². The minimum Gasteiger partial charge on any atom is -0.466 e. The lowest BCUT2D eigenvalue weighted by atomic mass is 9.93. The van der Waals surface area contributed by atoms with Crippen molar-refractivity contribution in [2.24, 2.45) is 5.84 Å². The van der Waals surface area contributed by atoms with Gasteiger partial charge in [0.15, 0.2) is 0 Å². The van der Waals surface area contributed by atoms with E-state index in [0.717, 1.165) is 17.9 Å². The molecule has 0 saturated heterocycles. The maximum Gasteiger partial charge on any atom is 0.106 e. The third-order valence-corrected chi connectivity index (χ3v) is 4.10. The molecule has 1 atom stereocenters. The lowest BCUT2D eigenvalue weighted by Crippen LogP contribution is -2.30. The molecule has 1 aromatic carbocycles. The van der Waals surface area contributed by atoms with Crippen LogP contribution in [-0.4, -0.2) is 0 Å². The van der Waals surface area contributed by atoms with Crippen molar-refractivity contribution in [3.8, 4) is 0 Å². The van der Waals surface area contributed by atoms with E-state index < -0.39 is 0 Å². The summed E-state index contributed by atoms with van der Waals surface area (Å²) in [5.41, 5.74) is 9.22. The first-order valence-electron chi connectivity index (χ1n) is 7.02. The maximum atomic E-state index is 5.80. The summed E-state index contributed by atoms with van der Waals surface area (Å²) in [6.45, 7) is 10.4. The number of benzene rings is 1. The number of nitrogens with two attached hydrogens (primary N) is 1. The molecule has 1 aromatic heterocycles. The molecule has 0 aliphatic heterocycles. The first-order chi connectivity index (χ1) is 9.43. The highest BCUT2D eigenvalue weighted by Crippen LogP contribution is 2.29. The number of nitrogens with one attached hydrogen (secondary N) is 1. The number of aryl methyl sites for hydroxylation is 4. The van der Waals surface area contributed by atoms with Gasteiger partial charge < -0.3 is 4.42 Å². The Labute approximate surface area is 121 Å². The van der Waals surface area contributed by atoms with E-state index in [4.69, 9.17) is 10.3 Å². The smallest absolute Gasteiger partial charge is 0.106 e. The van der Waals surface area contributed by atoms with E-state index in [0.29, 0.717) is 0 Å². The van der Waals surface area contributed by atoms with Crippen molar-refractivity contribution in [2.75, 3.05) is 0 Å². The molecule has 0 radical (unpaired) electrons. The van der Waals surface area contributed by atoms with Crippen molar-refractivity contribution >= 4 is 0 Å². The monoisotopic (exact) mass is 272 g/mol. The van der Waals surface area contributed by atoms with Gasteiger partial charge in [0.1, 0.15) is 11.5 Å². The number of hydrogen-bond acceptors (Lipinski definition) is 3. The third-order valence-electron chi connectivity index (χ3n) is 4.10. The Morgan fingerprint density at radius 1 is 1.10 bits per heavy atom. The highest BCUT2D eigenvalue weighted by atomic mass is 16.3. The fourth-order valence-corrected chi connectivity index (χ4v) is 2.81. The summed E-state index contributed by atoms with van der Waals surface area (Å²) < 4.78 is 5.72. The quantitative estimate of drug-likeness (QED) is 0.661. The minimum atomic E-state index is 0.0768. The molecular weight excluding hydrogens is 248 g/mol. The van der Waals surface area contributed by atoms with Crippen molar-refractivity contribution in [2.45, 2.75) is 47.1 Å². The second-order valence-corrected chi connectivity index (χ2v) is 5.61. The standard InChI is InChI=1S/C17H24N2O/c1-10-6-7-11(2)15(8-10)9-16(19-18)17-12(3)13(4)20-14(17)5/h6-8,16,19H,9,18H2,1-5H3. The molecular formula is C17H24N2O. The number of furan rings is 1. The van der Waals surface area contributed by atoms with Crippen LogP contribution >= 0.6 is 0 Å². The molecule has 2 rings (SSSR count). The number of rotatable bonds is 4. The molecule has 0 spiro atoms. The summed E-state index contributed by atoms with van der Waals surface area (Å²) in [6.07, 6.45) is 0.866. The largest absolute Gasteiger partial charge is 0.466 e. The van der Waals surface area contributed by atoms with Crippen molar-refractivity contribution in [3.05, 3.63) is 57.5 Å². The summed E-state index contributed by atoms with van der Waals surface area (Å²) in [7, 11) is 0. The second-order valence-electron chi connectivity index (χ2n) is 5.61. The van der Waals surface area contributed by atoms with E-state index in [1.165, 1.54) is 27.8 Å². The lowest BCUT2D eigenvalue weighted by molar-refractivity contribution is 0.484. The van der Waals surface area contributed by atoms with Gasteiger partial charge in [-0.15, -0.1) is 0 Å². The predicted octanol–water partition coefficient (Wildman–Crippen LogP) is 3.57. The van der Waals surface area contributed by atoms with Crippen molar-refractivity contribution < 1.29 is 4.42 Å². The van der Waals surface area contributed by atoms with E-state index in [1.54, 1.807) is 0 Å². The zero-order valence-electron chi connectivity index (χ0n) is 13.0. The van der Waals surface area contributed by atoms with Crippen LogP contribution in [0.25, 0.3) is 0 Å². The van der Waals surface area contributed by atoms with Crippen molar-refractivity contribution in [3.63, 3.8) is 0 Å². The first-order valence-corrected chi connectivity index (χ1v) is 7.02. The van der Waals surface area contributed by atoms with Gasteiger partial charge in [-0.25, -0.2) is 0 Å². The Kier molecular flexibility index (Phi) is 4.31. The highest BCUT2D eigenvalue weighted by molar-refractivity contribution is 5.37. The van der Waals surface area contributed by atoms with Crippen molar-refractivity contribution in [1.29, 1.82) is 0 Å². The average molecular weight is 272 g/mol. The Balaban J connectivity index is 2.36. The zero-order valence-corrected chi connectivity index (χ0v) is 13.0. The molecule has 0 fully saturated rings. The zero-order chi connectivity index (χ0) is 14.9. The molecule has 0 aliphatic carbocycles. The van der Waals surface area contributed by atoms with Crippen LogP contribution in [0.5, 0.6) is 0 Å². The normalized spacial score (nSPS) is 12.7. The molecule has 20 heavy (non-hydrogen) atoms. The fraction of sp³-hybridized carbons (Fsp3) is 0.412. The molecule has 3 nitrogen and oxygen atoms in total. The second kappa shape index (κ2) is 5.81. The summed E-state index contributed by atoms with van der Waals surface area (Å²) in [4.78, 5) is 0. The van der Waals surface area contributed by atoms with Gasteiger partial charge in [-0.3, -0.25) is 11.3 Å². The third kappa shape index (κ3) is 2.79. The Morgan fingerprint density at radius 3 is 2.35 bits per heavy atom. The molecule has 1 heterocycles. The molecule has 0 amide bonds. The summed E-state index contributed by atoms with van der Waals surface area (Å²) in [5, 5.41) is 0. The van der Waals surface area contributed by atoms with Crippen LogP contribution in [0, 0.1) is 34.6 Å². The molecule has 0 aliphatic rings. The van der Waals surface area contributed by atoms with E-state index in [1.807, 2.05) is 13.8 Å². The van der Waals surface area contributed by atoms with Gasteiger partial charge in [-0.05, 0) is 57.7 Å². The molecule has 1 unspecified atom stereocenters. The van der Waals surface area contributed by atoms with Crippen LogP contribution < -0.4 is 11.3 Å². The van der Waals surface area contributed by atoms with Gasteiger partial charge in [-0.1, -0.05) is 23.8 Å². The molecule has 3 N–H and O–H groups in total. The molecule has 0 saturated carbocycles. The van der Waals surface area contributed by atoms with Crippen LogP contribution in [-0.2, 0) is 6.42 Å². The molecule has 2 aromatic rings. The summed E-state index contributed by atoms with van der Waals surface area (Å²) in [6, 6.07) is 6.62. The summed E-state index contributed by atoms with van der Waals surface area (Å²) >= 11 is 0. The first kappa shape index (κ1) is 14.8. The Morgan fingerprint density at radius 2 is 1.80 bits per heavy atom. The highest BCUT2D eigenvalue weighted by Gasteiger charge is 2.21.